The minimum Gasteiger partial charge on any atom is -0.356 e. The molecule has 0 bridgehead atoms. The molecule has 0 saturated carbocycles. The van der Waals surface area contributed by atoms with Crippen LogP contribution in [0.4, 0.5) is 23.1 Å². The van der Waals surface area contributed by atoms with Crippen LogP contribution in [0, 0.1) is 6.92 Å². The van der Waals surface area contributed by atoms with Gasteiger partial charge in [-0.1, -0.05) is 0 Å². The fourth-order valence-electron chi connectivity index (χ4n) is 3.88. The zero-order chi connectivity index (χ0) is 23.5. The van der Waals surface area contributed by atoms with Crippen molar-refractivity contribution < 1.29 is 8.42 Å². The SMILES string of the molecule is Cc1cc(N2CCCC2)nc(Nc2ccc(NS(=O)(=O)c3ccc(-n4cccn4)cc3)cc2)n1. The van der Waals surface area contributed by atoms with Crippen molar-refractivity contribution in [2.45, 2.75) is 24.7 Å². The van der Waals surface area contributed by atoms with Gasteiger partial charge in [-0.3, -0.25) is 4.72 Å². The summed E-state index contributed by atoms with van der Waals surface area (Å²) in [6, 6.07) is 17.3. The molecule has 174 valence electrons. The van der Waals surface area contributed by atoms with Gasteiger partial charge in [0.1, 0.15) is 5.82 Å². The standard InChI is InChI=1S/C24H25N7O2S/c1-18-17-23(30-14-2-3-15-30)28-24(26-18)27-19-5-7-20(8-6-19)29-34(32,33)22-11-9-21(10-12-22)31-16-4-13-25-31/h4-13,16-17,29H,2-3,14-15H2,1H3,(H,26,27,28). The van der Waals surface area contributed by atoms with Crippen LogP contribution in [-0.4, -0.2) is 41.3 Å². The van der Waals surface area contributed by atoms with Crippen LogP contribution in [0.15, 0.2) is 78.0 Å². The van der Waals surface area contributed by atoms with E-state index in [0.29, 0.717) is 11.6 Å². The predicted octanol–water partition coefficient (Wildman–Crippen LogP) is 4.12. The number of aromatic nitrogens is 4. The minimum atomic E-state index is -3.72. The van der Waals surface area contributed by atoms with Crippen molar-refractivity contribution in [3.8, 4) is 5.69 Å². The summed E-state index contributed by atoms with van der Waals surface area (Å²) in [6.45, 7) is 3.97. The first-order valence-corrected chi connectivity index (χ1v) is 12.6. The molecule has 0 unspecified atom stereocenters. The summed E-state index contributed by atoms with van der Waals surface area (Å²) in [5.74, 6) is 1.45. The van der Waals surface area contributed by atoms with Crippen molar-refractivity contribution in [3.05, 3.63) is 78.8 Å². The van der Waals surface area contributed by atoms with Crippen molar-refractivity contribution in [3.63, 3.8) is 0 Å². The van der Waals surface area contributed by atoms with Gasteiger partial charge < -0.3 is 10.2 Å². The Hall–Kier alpha value is -3.92. The molecular weight excluding hydrogens is 450 g/mol. The molecule has 1 aliphatic heterocycles. The van der Waals surface area contributed by atoms with Gasteiger partial charge in [-0.25, -0.2) is 18.1 Å². The lowest BCUT2D eigenvalue weighted by Gasteiger charge is -2.17. The Morgan fingerprint density at radius 1 is 0.912 bits per heavy atom. The summed E-state index contributed by atoms with van der Waals surface area (Å²) in [7, 11) is -3.72. The second kappa shape index (κ2) is 9.14. The molecule has 0 amide bonds. The van der Waals surface area contributed by atoms with Gasteiger partial charge in [0.25, 0.3) is 10.0 Å². The molecule has 9 nitrogen and oxygen atoms in total. The lowest BCUT2D eigenvalue weighted by atomic mass is 10.3. The number of nitrogens with zero attached hydrogens (tertiary/aromatic N) is 5. The zero-order valence-electron chi connectivity index (χ0n) is 18.7. The summed E-state index contributed by atoms with van der Waals surface area (Å²) >= 11 is 0. The smallest absolute Gasteiger partial charge is 0.261 e. The van der Waals surface area contributed by atoms with Crippen molar-refractivity contribution in [1.82, 2.24) is 19.7 Å². The quantitative estimate of drug-likeness (QED) is 0.414. The molecule has 0 aliphatic carbocycles. The predicted molar refractivity (Wildman–Crippen MR) is 132 cm³/mol. The molecule has 2 aromatic carbocycles. The lowest BCUT2D eigenvalue weighted by Crippen LogP contribution is -2.19. The molecule has 0 spiro atoms. The normalized spacial score (nSPS) is 13.7. The van der Waals surface area contributed by atoms with E-state index in [0.717, 1.165) is 36.0 Å². The maximum Gasteiger partial charge on any atom is 0.261 e. The number of rotatable bonds is 7. The van der Waals surface area contributed by atoms with E-state index in [1.54, 1.807) is 65.6 Å². The summed E-state index contributed by atoms with van der Waals surface area (Å²) in [4.78, 5) is 11.6. The first-order valence-electron chi connectivity index (χ1n) is 11.1. The summed E-state index contributed by atoms with van der Waals surface area (Å²) < 4.78 is 29.9. The third kappa shape index (κ3) is 4.86. The molecule has 5 rings (SSSR count). The largest absolute Gasteiger partial charge is 0.356 e. The van der Waals surface area contributed by atoms with E-state index in [-0.39, 0.29) is 4.90 Å². The van der Waals surface area contributed by atoms with Crippen LogP contribution in [0.25, 0.3) is 5.69 Å². The summed E-state index contributed by atoms with van der Waals surface area (Å²) in [5.41, 5.74) is 2.90. The topological polar surface area (TPSA) is 105 Å². The van der Waals surface area contributed by atoms with Gasteiger partial charge in [0.05, 0.1) is 10.6 Å². The summed E-state index contributed by atoms with van der Waals surface area (Å²) in [6.07, 6.45) is 5.82. The molecule has 1 aliphatic rings. The molecule has 4 aromatic rings. The van der Waals surface area contributed by atoms with Gasteiger partial charge in [0, 0.05) is 48.6 Å². The Bertz CT molecular complexity index is 1360. The molecular formula is C24H25N7O2S. The minimum absolute atomic E-state index is 0.174. The third-order valence-corrected chi connectivity index (χ3v) is 6.98. The van der Waals surface area contributed by atoms with Crippen molar-refractivity contribution >= 4 is 33.2 Å². The van der Waals surface area contributed by atoms with Crippen molar-refractivity contribution in [2.24, 2.45) is 0 Å². The van der Waals surface area contributed by atoms with Crippen molar-refractivity contribution in [1.29, 1.82) is 0 Å². The Kier molecular flexibility index (Phi) is 5.89. The molecule has 2 N–H and O–H groups in total. The molecule has 3 heterocycles. The van der Waals surface area contributed by atoms with Crippen LogP contribution in [0.2, 0.25) is 0 Å². The molecule has 10 heteroatoms. The van der Waals surface area contributed by atoms with Gasteiger partial charge >= 0.3 is 0 Å². The van der Waals surface area contributed by atoms with Crippen LogP contribution in [0.5, 0.6) is 0 Å². The van der Waals surface area contributed by atoms with Crippen LogP contribution in [0.3, 0.4) is 0 Å². The molecule has 0 atom stereocenters. The Labute approximate surface area is 198 Å². The van der Waals surface area contributed by atoms with Crippen LogP contribution in [-0.2, 0) is 10.0 Å². The van der Waals surface area contributed by atoms with E-state index >= 15 is 0 Å². The van der Waals surface area contributed by atoms with E-state index in [2.05, 4.69) is 30.0 Å². The number of benzene rings is 2. The molecule has 2 aromatic heterocycles. The highest BCUT2D eigenvalue weighted by Crippen LogP contribution is 2.23. The number of hydrogen-bond acceptors (Lipinski definition) is 7. The second-order valence-electron chi connectivity index (χ2n) is 8.14. The van der Waals surface area contributed by atoms with E-state index < -0.39 is 10.0 Å². The highest BCUT2D eigenvalue weighted by Gasteiger charge is 2.16. The van der Waals surface area contributed by atoms with Gasteiger partial charge in [0.15, 0.2) is 0 Å². The van der Waals surface area contributed by atoms with E-state index in [1.165, 1.54) is 12.8 Å². The summed E-state index contributed by atoms with van der Waals surface area (Å²) in [5, 5.41) is 7.36. The maximum absolute atomic E-state index is 12.8. The lowest BCUT2D eigenvalue weighted by molar-refractivity contribution is 0.601. The van der Waals surface area contributed by atoms with Crippen molar-refractivity contribution in [2.75, 3.05) is 28.0 Å². The average Bonchev–Trinajstić information content (AvgIpc) is 3.55. The van der Waals surface area contributed by atoms with Gasteiger partial charge in [0.2, 0.25) is 5.95 Å². The zero-order valence-corrected chi connectivity index (χ0v) is 19.5. The van der Waals surface area contributed by atoms with Crippen LogP contribution < -0.4 is 14.9 Å². The number of anilines is 4. The molecule has 0 radical (unpaired) electrons. The number of hydrogen-bond donors (Lipinski definition) is 2. The Morgan fingerprint density at radius 2 is 1.62 bits per heavy atom. The third-order valence-electron chi connectivity index (χ3n) is 5.58. The van der Waals surface area contributed by atoms with E-state index in [9.17, 15) is 8.42 Å². The van der Waals surface area contributed by atoms with Crippen LogP contribution >= 0.6 is 0 Å². The highest BCUT2D eigenvalue weighted by atomic mass is 32.2. The number of aryl methyl sites for hydroxylation is 1. The molecule has 1 fully saturated rings. The fraction of sp³-hybridized carbons (Fsp3) is 0.208. The Balaban J connectivity index is 1.27. The van der Waals surface area contributed by atoms with Gasteiger partial charge in [-0.2, -0.15) is 10.1 Å². The second-order valence-corrected chi connectivity index (χ2v) is 9.82. The molecule has 1 saturated heterocycles. The van der Waals surface area contributed by atoms with Gasteiger partial charge in [-0.05, 0) is 74.4 Å². The monoisotopic (exact) mass is 475 g/mol. The Morgan fingerprint density at radius 3 is 2.29 bits per heavy atom. The van der Waals surface area contributed by atoms with Crippen LogP contribution in [0.1, 0.15) is 18.5 Å². The fourth-order valence-corrected chi connectivity index (χ4v) is 4.94. The van der Waals surface area contributed by atoms with E-state index in [4.69, 9.17) is 0 Å². The number of sulfonamides is 1. The first-order chi connectivity index (χ1) is 16.5. The number of nitrogens with one attached hydrogen (secondary N) is 2. The molecule has 34 heavy (non-hydrogen) atoms. The maximum atomic E-state index is 12.8. The highest BCUT2D eigenvalue weighted by molar-refractivity contribution is 7.92. The average molecular weight is 476 g/mol. The van der Waals surface area contributed by atoms with E-state index in [1.807, 2.05) is 19.1 Å². The van der Waals surface area contributed by atoms with Gasteiger partial charge in [-0.15, -0.1) is 0 Å². The first kappa shape index (κ1) is 21.9.